The van der Waals surface area contributed by atoms with E-state index in [1.807, 2.05) is 13.8 Å². The molecule has 1 amide bonds. The summed E-state index contributed by atoms with van der Waals surface area (Å²) in [4.78, 5) is 12.0. The molecule has 4 nitrogen and oxygen atoms in total. The van der Waals surface area contributed by atoms with Crippen molar-refractivity contribution in [3.05, 3.63) is 0 Å². The Morgan fingerprint density at radius 2 is 2.19 bits per heavy atom. The Labute approximate surface area is 96.9 Å². The predicted octanol–water partition coefficient (Wildman–Crippen LogP) is 0.797. The van der Waals surface area contributed by atoms with Gasteiger partial charge in [-0.15, -0.1) is 0 Å². The van der Waals surface area contributed by atoms with Crippen LogP contribution in [-0.4, -0.2) is 30.2 Å². The number of rotatable bonds is 4. The normalized spacial score (nSPS) is 30.8. The van der Waals surface area contributed by atoms with Gasteiger partial charge in [0.1, 0.15) is 0 Å². The highest BCUT2D eigenvalue weighted by molar-refractivity contribution is 5.86. The Bertz CT molecular complexity index is 268. The average molecular weight is 226 g/mol. The molecule has 2 fully saturated rings. The van der Waals surface area contributed by atoms with Gasteiger partial charge in [-0.05, 0) is 45.4 Å². The summed E-state index contributed by atoms with van der Waals surface area (Å²) in [7, 11) is 0. The number of nitrogens with one attached hydrogen (secondary N) is 1. The van der Waals surface area contributed by atoms with E-state index in [1.54, 1.807) is 0 Å². The maximum atomic E-state index is 12.0. The summed E-state index contributed by atoms with van der Waals surface area (Å²) in [6.07, 6.45) is 4.45. The lowest BCUT2D eigenvalue weighted by molar-refractivity contribution is -0.128. The standard InChI is InChI=1S/C12H22N2O2/c1-8(10-4-3-7-16-10)14-11(15)12(2,13)9-5-6-9/h8-10H,3-7,13H2,1-2H3,(H,14,15). The lowest BCUT2D eigenvalue weighted by Gasteiger charge is -2.27. The highest BCUT2D eigenvalue weighted by atomic mass is 16.5. The lowest BCUT2D eigenvalue weighted by Crippen LogP contribution is -2.57. The van der Waals surface area contributed by atoms with Gasteiger partial charge in [-0.2, -0.15) is 0 Å². The minimum atomic E-state index is -0.702. The van der Waals surface area contributed by atoms with Crippen molar-refractivity contribution in [1.82, 2.24) is 5.32 Å². The van der Waals surface area contributed by atoms with Gasteiger partial charge in [-0.1, -0.05) is 0 Å². The molecule has 4 heteroatoms. The molecule has 0 radical (unpaired) electrons. The van der Waals surface area contributed by atoms with Crippen LogP contribution in [0.4, 0.5) is 0 Å². The summed E-state index contributed by atoms with van der Waals surface area (Å²) in [5.74, 6) is 0.335. The van der Waals surface area contributed by atoms with Crippen LogP contribution in [0.3, 0.4) is 0 Å². The smallest absolute Gasteiger partial charge is 0.240 e. The van der Waals surface area contributed by atoms with Crippen LogP contribution in [0.1, 0.15) is 39.5 Å². The summed E-state index contributed by atoms with van der Waals surface area (Å²) >= 11 is 0. The fourth-order valence-corrected chi connectivity index (χ4v) is 2.32. The van der Waals surface area contributed by atoms with Gasteiger partial charge in [0.05, 0.1) is 17.7 Å². The van der Waals surface area contributed by atoms with Crippen molar-refractivity contribution in [1.29, 1.82) is 0 Å². The van der Waals surface area contributed by atoms with Gasteiger partial charge in [-0.3, -0.25) is 4.79 Å². The predicted molar refractivity (Wildman–Crippen MR) is 61.9 cm³/mol. The first-order valence-corrected chi connectivity index (χ1v) is 6.23. The maximum absolute atomic E-state index is 12.0. The molecule has 0 bridgehead atoms. The fraction of sp³-hybridized carbons (Fsp3) is 0.917. The molecule has 1 heterocycles. The zero-order chi connectivity index (χ0) is 11.8. The second-order valence-corrected chi connectivity index (χ2v) is 5.37. The van der Waals surface area contributed by atoms with Gasteiger partial charge in [0.25, 0.3) is 0 Å². The Kier molecular flexibility index (Phi) is 3.22. The number of amides is 1. The number of ether oxygens (including phenoxy) is 1. The molecular formula is C12H22N2O2. The van der Waals surface area contributed by atoms with Crippen molar-refractivity contribution in [2.75, 3.05) is 6.61 Å². The van der Waals surface area contributed by atoms with Gasteiger partial charge >= 0.3 is 0 Å². The van der Waals surface area contributed by atoms with Crippen molar-refractivity contribution in [3.63, 3.8) is 0 Å². The second-order valence-electron chi connectivity index (χ2n) is 5.37. The fourth-order valence-electron chi connectivity index (χ4n) is 2.32. The van der Waals surface area contributed by atoms with Crippen molar-refractivity contribution in [2.45, 2.75) is 57.2 Å². The highest BCUT2D eigenvalue weighted by Crippen LogP contribution is 2.38. The molecule has 3 unspecified atom stereocenters. The summed E-state index contributed by atoms with van der Waals surface area (Å²) in [6.45, 7) is 4.65. The van der Waals surface area contributed by atoms with Crippen LogP contribution in [0.2, 0.25) is 0 Å². The van der Waals surface area contributed by atoms with Gasteiger partial charge in [0, 0.05) is 6.61 Å². The van der Waals surface area contributed by atoms with Crippen LogP contribution in [0, 0.1) is 5.92 Å². The van der Waals surface area contributed by atoms with E-state index in [0.717, 1.165) is 32.3 Å². The highest BCUT2D eigenvalue weighted by Gasteiger charge is 2.44. The van der Waals surface area contributed by atoms with Gasteiger partial charge in [0.15, 0.2) is 0 Å². The molecule has 0 aromatic heterocycles. The van der Waals surface area contributed by atoms with Gasteiger partial charge in [0.2, 0.25) is 5.91 Å². The number of hydrogen-bond acceptors (Lipinski definition) is 3. The summed E-state index contributed by atoms with van der Waals surface area (Å²) in [6, 6.07) is 0.0663. The zero-order valence-corrected chi connectivity index (χ0v) is 10.2. The molecule has 3 atom stereocenters. The Balaban J connectivity index is 1.85. The molecule has 92 valence electrons. The Morgan fingerprint density at radius 3 is 2.69 bits per heavy atom. The Hall–Kier alpha value is -0.610. The van der Waals surface area contributed by atoms with Crippen LogP contribution >= 0.6 is 0 Å². The molecule has 1 aliphatic heterocycles. The molecule has 1 saturated heterocycles. The number of nitrogens with two attached hydrogens (primary N) is 1. The van der Waals surface area contributed by atoms with Crippen LogP contribution in [0.5, 0.6) is 0 Å². The first-order chi connectivity index (χ1) is 7.51. The van der Waals surface area contributed by atoms with E-state index in [2.05, 4.69) is 5.32 Å². The maximum Gasteiger partial charge on any atom is 0.240 e. The molecule has 0 aromatic carbocycles. The summed E-state index contributed by atoms with van der Waals surface area (Å²) in [5.41, 5.74) is 5.36. The molecule has 16 heavy (non-hydrogen) atoms. The Morgan fingerprint density at radius 1 is 1.50 bits per heavy atom. The second kappa shape index (κ2) is 4.34. The third-order valence-electron chi connectivity index (χ3n) is 3.80. The zero-order valence-electron chi connectivity index (χ0n) is 10.2. The van der Waals surface area contributed by atoms with Crippen LogP contribution < -0.4 is 11.1 Å². The molecule has 0 aromatic rings. The van der Waals surface area contributed by atoms with Gasteiger partial charge in [-0.25, -0.2) is 0 Å². The molecule has 1 saturated carbocycles. The SMILES string of the molecule is CC(NC(=O)C(C)(N)C1CC1)C1CCCO1. The molecule has 3 N–H and O–H groups in total. The van der Waals surface area contributed by atoms with E-state index in [4.69, 9.17) is 10.5 Å². The number of carbonyl (C=O) groups is 1. The van der Waals surface area contributed by atoms with E-state index in [9.17, 15) is 4.79 Å². The third kappa shape index (κ3) is 2.38. The molecule has 0 spiro atoms. The van der Waals surface area contributed by atoms with E-state index >= 15 is 0 Å². The number of carbonyl (C=O) groups excluding carboxylic acids is 1. The van der Waals surface area contributed by atoms with Crippen molar-refractivity contribution >= 4 is 5.91 Å². The molecule has 2 rings (SSSR count). The van der Waals surface area contributed by atoms with Crippen LogP contribution in [0.15, 0.2) is 0 Å². The summed E-state index contributed by atoms with van der Waals surface area (Å²) in [5, 5.41) is 2.99. The molecule has 2 aliphatic rings. The monoisotopic (exact) mass is 226 g/mol. The minimum absolute atomic E-state index is 0.0296. The van der Waals surface area contributed by atoms with Crippen molar-refractivity contribution in [3.8, 4) is 0 Å². The first-order valence-electron chi connectivity index (χ1n) is 6.23. The lowest BCUT2D eigenvalue weighted by atomic mass is 9.95. The van der Waals surface area contributed by atoms with E-state index in [1.165, 1.54) is 0 Å². The van der Waals surface area contributed by atoms with E-state index in [0.29, 0.717) is 5.92 Å². The van der Waals surface area contributed by atoms with Crippen LogP contribution in [-0.2, 0) is 9.53 Å². The summed E-state index contributed by atoms with van der Waals surface area (Å²) < 4.78 is 5.55. The third-order valence-corrected chi connectivity index (χ3v) is 3.80. The molecule has 1 aliphatic carbocycles. The average Bonchev–Trinajstić information content (AvgIpc) is 2.95. The number of hydrogen-bond donors (Lipinski definition) is 2. The largest absolute Gasteiger partial charge is 0.376 e. The quantitative estimate of drug-likeness (QED) is 0.745. The van der Waals surface area contributed by atoms with Crippen molar-refractivity contribution < 1.29 is 9.53 Å². The van der Waals surface area contributed by atoms with E-state index in [-0.39, 0.29) is 18.1 Å². The minimum Gasteiger partial charge on any atom is -0.376 e. The topological polar surface area (TPSA) is 64.4 Å². The van der Waals surface area contributed by atoms with Crippen molar-refractivity contribution in [2.24, 2.45) is 11.7 Å². The first kappa shape index (κ1) is 11.9. The molecular weight excluding hydrogens is 204 g/mol. The van der Waals surface area contributed by atoms with Crippen LogP contribution in [0.25, 0.3) is 0 Å². The van der Waals surface area contributed by atoms with E-state index < -0.39 is 5.54 Å². The van der Waals surface area contributed by atoms with Gasteiger partial charge < -0.3 is 15.8 Å².